The first-order chi connectivity index (χ1) is 10.1. The van der Waals surface area contributed by atoms with E-state index in [9.17, 15) is 9.59 Å². The quantitative estimate of drug-likeness (QED) is 0.793. The van der Waals surface area contributed by atoms with Crippen molar-refractivity contribution in [1.82, 2.24) is 5.32 Å². The highest BCUT2D eigenvalue weighted by Crippen LogP contribution is 2.32. The van der Waals surface area contributed by atoms with Crippen molar-refractivity contribution in [1.29, 1.82) is 0 Å². The van der Waals surface area contributed by atoms with Crippen LogP contribution in [0.4, 0.5) is 5.69 Å². The zero-order chi connectivity index (χ0) is 14.8. The molecule has 4 N–H and O–H groups in total. The van der Waals surface area contributed by atoms with Crippen LogP contribution >= 0.6 is 12.4 Å². The topological polar surface area (TPSA) is 84.2 Å². The van der Waals surface area contributed by atoms with E-state index in [1.165, 1.54) is 12.8 Å². The standard InChI is InChI=1S/C16H21N3O2.ClH/c17-16(21)11-1-3-12(4-2-11)19-15(20)9-10-7-13-5-6-14(8-10)18-13;/h1-4,10,13-14,18H,5-9H2,(H2,17,21)(H,19,20);1H. The molecule has 0 spiro atoms. The Balaban J connectivity index is 0.00000176. The molecule has 2 amide bonds. The Labute approximate surface area is 136 Å². The van der Waals surface area contributed by atoms with E-state index in [0.717, 1.165) is 12.8 Å². The van der Waals surface area contributed by atoms with Crippen LogP contribution in [0.5, 0.6) is 0 Å². The SMILES string of the molecule is Cl.NC(=O)c1ccc(NC(=O)CC2CC3CCC(C2)N3)cc1. The van der Waals surface area contributed by atoms with E-state index in [1.807, 2.05) is 0 Å². The molecule has 120 valence electrons. The number of carbonyl (C=O) groups is 2. The maximum atomic E-state index is 12.1. The number of piperidine rings is 1. The van der Waals surface area contributed by atoms with Gasteiger partial charge in [0.25, 0.3) is 0 Å². The first-order valence-electron chi connectivity index (χ1n) is 7.56. The van der Waals surface area contributed by atoms with Crippen LogP contribution in [0.1, 0.15) is 42.5 Å². The molecule has 0 radical (unpaired) electrons. The number of rotatable bonds is 4. The predicted octanol–water partition coefficient (Wildman–Crippen LogP) is 2.07. The normalized spacial score (nSPS) is 26.1. The Kier molecular flexibility index (Phi) is 5.42. The van der Waals surface area contributed by atoms with Crippen molar-refractivity contribution >= 4 is 29.9 Å². The molecule has 1 aromatic rings. The number of fused-ring (bicyclic) bond motifs is 2. The van der Waals surface area contributed by atoms with Gasteiger partial charge in [0.05, 0.1) is 0 Å². The van der Waals surface area contributed by atoms with Crippen molar-refractivity contribution in [3.05, 3.63) is 29.8 Å². The fraction of sp³-hybridized carbons (Fsp3) is 0.500. The van der Waals surface area contributed by atoms with E-state index in [-0.39, 0.29) is 18.3 Å². The van der Waals surface area contributed by atoms with Gasteiger partial charge in [-0.05, 0) is 55.9 Å². The van der Waals surface area contributed by atoms with Gasteiger partial charge in [-0.2, -0.15) is 0 Å². The van der Waals surface area contributed by atoms with Crippen LogP contribution in [0.25, 0.3) is 0 Å². The van der Waals surface area contributed by atoms with Gasteiger partial charge in [-0.1, -0.05) is 0 Å². The smallest absolute Gasteiger partial charge is 0.248 e. The molecule has 0 aliphatic carbocycles. The molecule has 5 nitrogen and oxygen atoms in total. The Morgan fingerprint density at radius 3 is 2.27 bits per heavy atom. The Morgan fingerprint density at radius 1 is 1.14 bits per heavy atom. The lowest BCUT2D eigenvalue weighted by Crippen LogP contribution is -2.39. The minimum absolute atomic E-state index is 0. The minimum atomic E-state index is -0.460. The van der Waals surface area contributed by atoms with Gasteiger partial charge in [0, 0.05) is 29.8 Å². The molecule has 2 bridgehead atoms. The lowest BCUT2D eigenvalue weighted by molar-refractivity contribution is -0.117. The summed E-state index contributed by atoms with van der Waals surface area (Å²) in [6.45, 7) is 0. The number of halogens is 1. The van der Waals surface area contributed by atoms with Gasteiger partial charge in [0.15, 0.2) is 0 Å². The average molecular weight is 324 g/mol. The van der Waals surface area contributed by atoms with E-state index in [4.69, 9.17) is 5.73 Å². The van der Waals surface area contributed by atoms with Gasteiger partial charge in [0.2, 0.25) is 11.8 Å². The maximum Gasteiger partial charge on any atom is 0.248 e. The van der Waals surface area contributed by atoms with Crippen LogP contribution in [-0.2, 0) is 4.79 Å². The summed E-state index contributed by atoms with van der Waals surface area (Å²) in [7, 11) is 0. The Hall–Kier alpha value is -1.59. The number of carbonyl (C=O) groups excluding carboxylic acids is 2. The van der Waals surface area contributed by atoms with E-state index in [1.54, 1.807) is 24.3 Å². The fourth-order valence-electron chi connectivity index (χ4n) is 3.53. The monoisotopic (exact) mass is 323 g/mol. The minimum Gasteiger partial charge on any atom is -0.366 e. The number of benzene rings is 1. The summed E-state index contributed by atoms with van der Waals surface area (Å²) in [6, 6.07) is 7.90. The molecular weight excluding hydrogens is 302 g/mol. The number of amides is 2. The van der Waals surface area contributed by atoms with Crippen molar-refractivity contribution in [3.63, 3.8) is 0 Å². The maximum absolute atomic E-state index is 12.1. The summed E-state index contributed by atoms with van der Waals surface area (Å²) in [5, 5.41) is 6.48. The zero-order valence-electron chi connectivity index (χ0n) is 12.4. The van der Waals surface area contributed by atoms with E-state index >= 15 is 0 Å². The lowest BCUT2D eigenvalue weighted by Gasteiger charge is -2.28. The van der Waals surface area contributed by atoms with Crippen molar-refractivity contribution in [2.45, 2.75) is 44.2 Å². The lowest BCUT2D eigenvalue weighted by atomic mass is 9.89. The van der Waals surface area contributed by atoms with Gasteiger partial charge in [-0.25, -0.2) is 0 Å². The number of nitrogens with two attached hydrogens (primary N) is 1. The number of hydrogen-bond donors (Lipinski definition) is 3. The van der Waals surface area contributed by atoms with Gasteiger partial charge in [-0.15, -0.1) is 12.4 Å². The summed E-state index contributed by atoms with van der Waals surface area (Å²) in [5.74, 6) is 0.0693. The molecule has 2 saturated heterocycles. The van der Waals surface area contributed by atoms with Crippen molar-refractivity contribution < 1.29 is 9.59 Å². The molecule has 2 heterocycles. The summed E-state index contributed by atoms with van der Waals surface area (Å²) in [4.78, 5) is 23.1. The van der Waals surface area contributed by atoms with Gasteiger partial charge < -0.3 is 16.4 Å². The highest BCUT2D eigenvalue weighted by Gasteiger charge is 2.34. The average Bonchev–Trinajstić information content (AvgIpc) is 2.78. The second-order valence-electron chi connectivity index (χ2n) is 6.17. The summed E-state index contributed by atoms with van der Waals surface area (Å²) < 4.78 is 0. The van der Waals surface area contributed by atoms with E-state index < -0.39 is 5.91 Å². The molecule has 22 heavy (non-hydrogen) atoms. The van der Waals surface area contributed by atoms with Crippen molar-refractivity contribution in [2.75, 3.05) is 5.32 Å². The van der Waals surface area contributed by atoms with Crippen molar-refractivity contribution in [2.24, 2.45) is 11.7 Å². The molecule has 2 fully saturated rings. The van der Waals surface area contributed by atoms with Gasteiger partial charge in [0.1, 0.15) is 0 Å². The first-order valence-corrected chi connectivity index (χ1v) is 7.56. The molecule has 2 atom stereocenters. The molecule has 0 saturated carbocycles. The third kappa shape index (κ3) is 3.99. The third-order valence-electron chi connectivity index (χ3n) is 4.50. The van der Waals surface area contributed by atoms with Gasteiger partial charge >= 0.3 is 0 Å². The Bertz CT molecular complexity index is 535. The predicted molar refractivity (Wildman–Crippen MR) is 88.1 cm³/mol. The van der Waals surface area contributed by atoms with Crippen molar-refractivity contribution in [3.8, 4) is 0 Å². The van der Waals surface area contributed by atoms with E-state index in [2.05, 4.69) is 10.6 Å². The number of anilines is 1. The van der Waals surface area contributed by atoms with Crippen LogP contribution in [-0.4, -0.2) is 23.9 Å². The molecule has 1 aromatic carbocycles. The number of primary amides is 1. The second-order valence-corrected chi connectivity index (χ2v) is 6.17. The number of hydrogen-bond acceptors (Lipinski definition) is 3. The highest BCUT2D eigenvalue weighted by molar-refractivity contribution is 5.94. The summed E-state index contributed by atoms with van der Waals surface area (Å²) in [5.41, 5.74) is 6.35. The van der Waals surface area contributed by atoms with Crippen LogP contribution < -0.4 is 16.4 Å². The first kappa shape index (κ1) is 16.8. The molecule has 2 aliphatic rings. The summed E-state index contributed by atoms with van der Waals surface area (Å²) in [6.07, 6.45) is 5.27. The third-order valence-corrected chi connectivity index (χ3v) is 4.50. The molecule has 2 aliphatic heterocycles. The van der Waals surface area contributed by atoms with Crippen LogP contribution in [0.2, 0.25) is 0 Å². The van der Waals surface area contributed by atoms with Crippen LogP contribution in [0.3, 0.4) is 0 Å². The molecular formula is C16H22ClN3O2. The fourth-order valence-corrected chi connectivity index (χ4v) is 3.53. The van der Waals surface area contributed by atoms with Crippen LogP contribution in [0, 0.1) is 5.92 Å². The second kappa shape index (κ2) is 7.11. The summed E-state index contributed by atoms with van der Waals surface area (Å²) >= 11 is 0. The largest absolute Gasteiger partial charge is 0.366 e. The Morgan fingerprint density at radius 2 is 1.73 bits per heavy atom. The van der Waals surface area contributed by atoms with Crippen LogP contribution in [0.15, 0.2) is 24.3 Å². The molecule has 6 heteroatoms. The molecule has 0 aromatic heterocycles. The zero-order valence-corrected chi connectivity index (χ0v) is 13.2. The number of nitrogens with one attached hydrogen (secondary N) is 2. The van der Waals surface area contributed by atoms with Gasteiger partial charge in [-0.3, -0.25) is 9.59 Å². The molecule has 3 rings (SSSR count). The highest BCUT2D eigenvalue weighted by atomic mass is 35.5. The molecule has 2 unspecified atom stereocenters. The van der Waals surface area contributed by atoms with E-state index in [0.29, 0.717) is 35.7 Å².